The van der Waals surface area contributed by atoms with Crippen molar-refractivity contribution in [3.8, 4) is 11.4 Å². The quantitative estimate of drug-likeness (QED) is 0.794. The van der Waals surface area contributed by atoms with Crippen molar-refractivity contribution in [2.24, 2.45) is 7.05 Å². The second kappa shape index (κ2) is 7.34. The molecule has 0 atom stereocenters. The van der Waals surface area contributed by atoms with E-state index >= 15 is 0 Å². The standard InChI is InChI=1S/C18H24N6O3/c1-18(2,3)27-17(26)24-11-9-23(10-12-24)16(25)14-7-5-13(6-8-14)15-19-20-21-22(15)4/h5-8H,9-12H2,1-4H3. The second-order valence-corrected chi connectivity index (χ2v) is 7.46. The highest BCUT2D eigenvalue weighted by Crippen LogP contribution is 2.18. The minimum Gasteiger partial charge on any atom is -0.444 e. The Bertz CT molecular complexity index is 816. The van der Waals surface area contributed by atoms with Gasteiger partial charge in [0.15, 0.2) is 5.82 Å². The molecule has 0 N–H and O–H groups in total. The van der Waals surface area contributed by atoms with E-state index in [4.69, 9.17) is 4.74 Å². The molecule has 144 valence electrons. The summed E-state index contributed by atoms with van der Waals surface area (Å²) in [4.78, 5) is 28.2. The van der Waals surface area contributed by atoms with E-state index in [1.54, 1.807) is 33.7 Å². The minimum absolute atomic E-state index is 0.0542. The summed E-state index contributed by atoms with van der Waals surface area (Å²) in [5.74, 6) is 0.585. The van der Waals surface area contributed by atoms with Crippen LogP contribution in [0.15, 0.2) is 24.3 Å². The molecular weight excluding hydrogens is 348 g/mol. The van der Waals surface area contributed by atoms with E-state index in [9.17, 15) is 9.59 Å². The maximum absolute atomic E-state index is 12.7. The Hall–Kier alpha value is -2.97. The van der Waals surface area contributed by atoms with Gasteiger partial charge in [-0.25, -0.2) is 9.48 Å². The van der Waals surface area contributed by atoms with Crippen molar-refractivity contribution < 1.29 is 14.3 Å². The molecule has 0 bridgehead atoms. The van der Waals surface area contributed by atoms with Crippen LogP contribution in [0.3, 0.4) is 0 Å². The van der Waals surface area contributed by atoms with Gasteiger partial charge in [0.1, 0.15) is 5.60 Å². The van der Waals surface area contributed by atoms with Gasteiger partial charge in [-0.15, -0.1) is 5.10 Å². The molecule has 0 saturated carbocycles. The average molecular weight is 372 g/mol. The van der Waals surface area contributed by atoms with E-state index in [1.165, 1.54) is 0 Å². The lowest BCUT2D eigenvalue weighted by Gasteiger charge is -2.35. The number of aryl methyl sites for hydroxylation is 1. The number of piperazine rings is 1. The predicted molar refractivity (Wildman–Crippen MR) is 97.9 cm³/mol. The summed E-state index contributed by atoms with van der Waals surface area (Å²) in [5.41, 5.74) is 0.915. The first-order chi connectivity index (χ1) is 12.7. The molecule has 2 heterocycles. The molecule has 0 spiro atoms. The number of hydrogen-bond acceptors (Lipinski definition) is 6. The summed E-state index contributed by atoms with van der Waals surface area (Å²) in [7, 11) is 1.76. The van der Waals surface area contributed by atoms with E-state index in [0.717, 1.165) is 5.56 Å². The monoisotopic (exact) mass is 372 g/mol. The molecule has 1 fully saturated rings. The Labute approximate surface area is 157 Å². The number of carbonyl (C=O) groups is 2. The third kappa shape index (κ3) is 4.42. The Morgan fingerprint density at radius 1 is 1.00 bits per heavy atom. The van der Waals surface area contributed by atoms with Crippen LogP contribution in [0.5, 0.6) is 0 Å². The van der Waals surface area contributed by atoms with Crippen LogP contribution in [-0.2, 0) is 11.8 Å². The molecule has 0 radical (unpaired) electrons. The van der Waals surface area contributed by atoms with E-state index in [0.29, 0.717) is 37.6 Å². The Morgan fingerprint density at radius 2 is 1.59 bits per heavy atom. The highest BCUT2D eigenvalue weighted by atomic mass is 16.6. The number of nitrogens with zero attached hydrogens (tertiary/aromatic N) is 6. The lowest BCUT2D eigenvalue weighted by molar-refractivity contribution is 0.0141. The highest BCUT2D eigenvalue weighted by molar-refractivity contribution is 5.94. The van der Waals surface area contributed by atoms with Crippen LogP contribution in [-0.4, -0.2) is 73.8 Å². The minimum atomic E-state index is -0.524. The summed E-state index contributed by atoms with van der Waals surface area (Å²) in [5, 5.41) is 11.4. The van der Waals surface area contributed by atoms with Gasteiger partial charge in [0.05, 0.1) is 0 Å². The molecule has 1 aromatic carbocycles. The summed E-state index contributed by atoms with van der Waals surface area (Å²) in [6, 6.07) is 7.20. The molecule has 0 aliphatic carbocycles. The first-order valence-electron chi connectivity index (χ1n) is 8.84. The largest absolute Gasteiger partial charge is 0.444 e. The molecule has 1 aliphatic rings. The van der Waals surface area contributed by atoms with Gasteiger partial charge in [-0.3, -0.25) is 4.79 Å². The van der Waals surface area contributed by atoms with Crippen molar-refractivity contribution in [3.63, 3.8) is 0 Å². The van der Waals surface area contributed by atoms with Crippen LogP contribution in [0.1, 0.15) is 31.1 Å². The topological polar surface area (TPSA) is 93.5 Å². The molecule has 2 amide bonds. The van der Waals surface area contributed by atoms with Crippen molar-refractivity contribution in [1.29, 1.82) is 0 Å². The van der Waals surface area contributed by atoms with Crippen LogP contribution in [0, 0.1) is 0 Å². The second-order valence-electron chi connectivity index (χ2n) is 7.46. The highest BCUT2D eigenvalue weighted by Gasteiger charge is 2.28. The number of ether oxygens (including phenoxy) is 1. The summed E-state index contributed by atoms with van der Waals surface area (Å²) >= 11 is 0. The third-order valence-corrected chi connectivity index (χ3v) is 4.23. The first kappa shape index (κ1) is 18.8. The van der Waals surface area contributed by atoms with Gasteiger partial charge < -0.3 is 14.5 Å². The fourth-order valence-corrected chi connectivity index (χ4v) is 2.84. The number of benzene rings is 1. The van der Waals surface area contributed by atoms with Gasteiger partial charge >= 0.3 is 6.09 Å². The molecule has 9 nitrogen and oxygen atoms in total. The van der Waals surface area contributed by atoms with Gasteiger partial charge in [-0.05, 0) is 43.3 Å². The van der Waals surface area contributed by atoms with Crippen molar-refractivity contribution >= 4 is 12.0 Å². The zero-order chi connectivity index (χ0) is 19.6. The van der Waals surface area contributed by atoms with Crippen LogP contribution < -0.4 is 0 Å². The molecule has 0 unspecified atom stereocenters. The van der Waals surface area contributed by atoms with Gasteiger partial charge in [0, 0.05) is 44.4 Å². The van der Waals surface area contributed by atoms with E-state index in [-0.39, 0.29) is 12.0 Å². The van der Waals surface area contributed by atoms with Gasteiger partial charge in [0.2, 0.25) is 0 Å². The third-order valence-electron chi connectivity index (χ3n) is 4.23. The fourth-order valence-electron chi connectivity index (χ4n) is 2.84. The van der Waals surface area contributed by atoms with E-state index in [1.807, 2.05) is 32.9 Å². The van der Waals surface area contributed by atoms with E-state index < -0.39 is 5.60 Å². The number of carbonyl (C=O) groups excluding carboxylic acids is 2. The molecule has 3 rings (SSSR count). The number of rotatable bonds is 2. The van der Waals surface area contributed by atoms with Crippen LogP contribution in [0.25, 0.3) is 11.4 Å². The van der Waals surface area contributed by atoms with Crippen molar-refractivity contribution in [3.05, 3.63) is 29.8 Å². The summed E-state index contributed by atoms with van der Waals surface area (Å²) in [6.07, 6.45) is -0.337. The molecule has 1 aliphatic heterocycles. The smallest absolute Gasteiger partial charge is 0.410 e. The van der Waals surface area contributed by atoms with Crippen LogP contribution in [0.2, 0.25) is 0 Å². The number of aromatic nitrogens is 4. The van der Waals surface area contributed by atoms with Crippen molar-refractivity contribution in [1.82, 2.24) is 30.0 Å². The molecule has 1 aromatic heterocycles. The Kier molecular flexibility index (Phi) is 5.11. The van der Waals surface area contributed by atoms with Crippen LogP contribution >= 0.6 is 0 Å². The summed E-state index contributed by atoms with van der Waals surface area (Å²) in [6.45, 7) is 7.40. The molecular formula is C18H24N6O3. The lowest BCUT2D eigenvalue weighted by Crippen LogP contribution is -2.51. The van der Waals surface area contributed by atoms with Crippen molar-refractivity contribution in [2.75, 3.05) is 26.2 Å². The maximum Gasteiger partial charge on any atom is 0.410 e. The average Bonchev–Trinajstić information content (AvgIpc) is 3.06. The zero-order valence-electron chi connectivity index (χ0n) is 16.0. The fraction of sp³-hybridized carbons (Fsp3) is 0.500. The molecule has 2 aromatic rings. The molecule has 9 heteroatoms. The maximum atomic E-state index is 12.7. The van der Waals surface area contributed by atoms with Crippen molar-refractivity contribution in [2.45, 2.75) is 26.4 Å². The number of hydrogen-bond donors (Lipinski definition) is 0. The Morgan fingerprint density at radius 3 is 2.11 bits per heavy atom. The SMILES string of the molecule is Cn1nnnc1-c1ccc(C(=O)N2CCN(C(=O)OC(C)(C)C)CC2)cc1. The normalized spacial score (nSPS) is 15.0. The van der Waals surface area contributed by atoms with Crippen LogP contribution in [0.4, 0.5) is 4.79 Å². The number of tetrazole rings is 1. The zero-order valence-corrected chi connectivity index (χ0v) is 16.0. The number of amides is 2. The molecule has 27 heavy (non-hydrogen) atoms. The van der Waals surface area contributed by atoms with Gasteiger partial charge in [-0.2, -0.15) is 0 Å². The Balaban J connectivity index is 1.59. The van der Waals surface area contributed by atoms with Gasteiger partial charge in [-0.1, -0.05) is 12.1 Å². The first-order valence-corrected chi connectivity index (χ1v) is 8.84. The lowest BCUT2D eigenvalue weighted by atomic mass is 10.1. The predicted octanol–water partition coefficient (Wildman–Crippen LogP) is 1.57. The van der Waals surface area contributed by atoms with E-state index in [2.05, 4.69) is 15.5 Å². The molecule has 1 saturated heterocycles. The summed E-state index contributed by atoms with van der Waals surface area (Å²) < 4.78 is 6.96. The van der Waals surface area contributed by atoms with Gasteiger partial charge in [0.25, 0.3) is 5.91 Å².